The van der Waals surface area contributed by atoms with Crippen molar-refractivity contribution in [3.8, 4) is 5.88 Å². The first-order chi connectivity index (χ1) is 17.7. The molecule has 0 radical (unpaired) electrons. The lowest BCUT2D eigenvalue weighted by molar-refractivity contribution is -0.145. The van der Waals surface area contributed by atoms with Crippen LogP contribution in [0.5, 0.6) is 5.88 Å². The quantitative estimate of drug-likeness (QED) is 0.473. The highest BCUT2D eigenvalue weighted by atomic mass is 16.6. The summed E-state index contributed by atoms with van der Waals surface area (Å²) in [6.45, 7) is 15.8. The summed E-state index contributed by atoms with van der Waals surface area (Å²) in [5.74, 6) is -1.16. The molecule has 1 aliphatic heterocycles. The highest BCUT2D eigenvalue weighted by molar-refractivity contribution is 5.82. The van der Waals surface area contributed by atoms with E-state index in [-0.39, 0.29) is 12.0 Å². The van der Waals surface area contributed by atoms with Gasteiger partial charge in [-0.2, -0.15) is 0 Å². The molecule has 1 amide bonds. The highest BCUT2D eigenvalue weighted by Gasteiger charge is 2.59. The van der Waals surface area contributed by atoms with E-state index in [1.54, 1.807) is 21.0 Å². The topological polar surface area (TPSA) is 98.2 Å². The molecule has 1 fully saturated rings. The van der Waals surface area contributed by atoms with Crippen LogP contribution in [0.15, 0.2) is 42.5 Å². The van der Waals surface area contributed by atoms with Gasteiger partial charge in [-0.3, -0.25) is 4.90 Å². The van der Waals surface area contributed by atoms with Crippen LogP contribution in [0.25, 0.3) is 0 Å². The minimum Gasteiger partial charge on any atom is -0.481 e. The van der Waals surface area contributed by atoms with Crippen LogP contribution in [0, 0.1) is 11.3 Å². The molecule has 8 heteroatoms. The van der Waals surface area contributed by atoms with Gasteiger partial charge in [-0.25, -0.2) is 14.6 Å². The molecule has 1 saturated heterocycles. The fourth-order valence-electron chi connectivity index (χ4n) is 5.16. The maximum absolute atomic E-state index is 13.4. The normalized spacial score (nSPS) is 22.0. The van der Waals surface area contributed by atoms with Gasteiger partial charge in [-0.05, 0) is 37.0 Å². The first-order valence-electron chi connectivity index (χ1n) is 13.1. The van der Waals surface area contributed by atoms with E-state index in [0.29, 0.717) is 5.88 Å². The predicted octanol–water partition coefficient (Wildman–Crippen LogP) is 5.99. The van der Waals surface area contributed by atoms with Crippen molar-refractivity contribution >= 4 is 12.1 Å². The average molecular weight is 527 g/mol. The molecule has 0 bridgehead atoms. The SMILES string of the molecule is COc1nc(C(C)(C)C)ccc1CO[C@H]1[C@H](C(C)(C)C)[C@@H](C(=O)O)N(C(=O)OC(C)C)[C@H]1c1ccccc1. The number of ether oxygens (including phenoxy) is 3. The zero-order valence-electron chi connectivity index (χ0n) is 24.0. The number of benzene rings is 1. The monoisotopic (exact) mass is 526 g/mol. The summed E-state index contributed by atoms with van der Waals surface area (Å²) < 4.78 is 17.7. The number of hydrogen-bond acceptors (Lipinski definition) is 6. The number of amides is 1. The standard InChI is InChI=1S/C30H42N2O6/c1-18(2)38-28(35)32-23(19-13-11-10-12-14-19)25(22(30(6,7)8)24(32)27(33)34)37-17-20-15-16-21(29(3,4)5)31-26(20)36-9/h10-16,18,22-25H,17H2,1-9H3,(H,33,34)/t22-,23+,24+,25+/m1/s1. The second-order valence-electron chi connectivity index (χ2n) is 12.3. The van der Waals surface area contributed by atoms with Crippen LogP contribution in [0.4, 0.5) is 4.79 Å². The fraction of sp³-hybridized carbons (Fsp3) is 0.567. The first kappa shape index (κ1) is 29.4. The summed E-state index contributed by atoms with van der Waals surface area (Å²) in [5, 5.41) is 10.4. The molecule has 0 unspecified atom stereocenters. The molecule has 1 aromatic carbocycles. The molecule has 1 aliphatic rings. The largest absolute Gasteiger partial charge is 0.481 e. The second-order valence-corrected chi connectivity index (χ2v) is 12.3. The Morgan fingerprint density at radius 3 is 2.16 bits per heavy atom. The molecule has 0 saturated carbocycles. The number of carbonyl (C=O) groups excluding carboxylic acids is 1. The van der Waals surface area contributed by atoms with Crippen LogP contribution in [0.2, 0.25) is 0 Å². The van der Waals surface area contributed by atoms with Gasteiger partial charge in [0.15, 0.2) is 0 Å². The van der Waals surface area contributed by atoms with E-state index in [0.717, 1.165) is 16.8 Å². The third-order valence-corrected chi connectivity index (χ3v) is 6.88. The van der Waals surface area contributed by atoms with Crippen LogP contribution >= 0.6 is 0 Å². The van der Waals surface area contributed by atoms with Crippen molar-refractivity contribution in [2.24, 2.45) is 11.3 Å². The number of carboxylic acid groups (broad SMARTS) is 1. The van der Waals surface area contributed by atoms with E-state index >= 15 is 0 Å². The lowest BCUT2D eigenvalue weighted by atomic mass is 9.73. The van der Waals surface area contributed by atoms with Crippen LogP contribution in [0.3, 0.4) is 0 Å². The van der Waals surface area contributed by atoms with Crippen molar-refractivity contribution in [2.45, 2.75) is 91.7 Å². The minimum absolute atomic E-state index is 0.139. The van der Waals surface area contributed by atoms with Crippen LogP contribution in [-0.2, 0) is 26.3 Å². The van der Waals surface area contributed by atoms with Gasteiger partial charge in [0.2, 0.25) is 5.88 Å². The molecule has 8 nitrogen and oxygen atoms in total. The molecular formula is C30H42N2O6. The van der Waals surface area contributed by atoms with Crippen molar-refractivity contribution in [1.82, 2.24) is 9.88 Å². The highest BCUT2D eigenvalue weighted by Crippen LogP contribution is 2.50. The minimum atomic E-state index is -1.14. The number of aromatic nitrogens is 1. The summed E-state index contributed by atoms with van der Waals surface area (Å²) in [6, 6.07) is 11.5. The molecule has 1 N–H and O–H groups in total. The molecule has 208 valence electrons. The van der Waals surface area contributed by atoms with Crippen molar-refractivity contribution in [1.29, 1.82) is 0 Å². The Morgan fingerprint density at radius 2 is 1.66 bits per heavy atom. The smallest absolute Gasteiger partial charge is 0.411 e. The molecule has 3 rings (SSSR count). The summed E-state index contributed by atoms with van der Waals surface area (Å²) >= 11 is 0. The van der Waals surface area contributed by atoms with E-state index in [9.17, 15) is 14.7 Å². The lowest BCUT2D eigenvalue weighted by Gasteiger charge is -2.34. The maximum atomic E-state index is 13.4. The Balaban J connectivity index is 2.10. The number of aliphatic carboxylic acids is 1. The Bertz CT molecular complexity index is 1120. The predicted molar refractivity (Wildman–Crippen MR) is 145 cm³/mol. The van der Waals surface area contributed by atoms with Gasteiger partial charge < -0.3 is 19.3 Å². The van der Waals surface area contributed by atoms with Gasteiger partial charge in [-0.1, -0.05) is 71.9 Å². The second kappa shape index (κ2) is 11.3. The Labute approximate surface area is 226 Å². The molecular weight excluding hydrogens is 484 g/mol. The third-order valence-electron chi connectivity index (χ3n) is 6.88. The zero-order chi connectivity index (χ0) is 28.4. The van der Waals surface area contributed by atoms with Gasteiger partial charge in [0, 0.05) is 22.6 Å². The number of hydrogen-bond donors (Lipinski definition) is 1. The number of carboxylic acids is 1. The van der Waals surface area contributed by atoms with Crippen LogP contribution in [-0.4, -0.2) is 52.4 Å². The van der Waals surface area contributed by atoms with Crippen molar-refractivity contribution in [2.75, 3.05) is 7.11 Å². The summed E-state index contributed by atoms with van der Waals surface area (Å²) in [7, 11) is 1.57. The molecule has 0 spiro atoms. The molecule has 38 heavy (non-hydrogen) atoms. The van der Waals surface area contributed by atoms with E-state index in [1.165, 1.54) is 4.90 Å². The summed E-state index contributed by atoms with van der Waals surface area (Å²) in [6.07, 6.45) is -1.71. The fourth-order valence-corrected chi connectivity index (χ4v) is 5.16. The Hall–Kier alpha value is -3.13. The summed E-state index contributed by atoms with van der Waals surface area (Å²) in [4.78, 5) is 32.2. The van der Waals surface area contributed by atoms with E-state index in [2.05, 4.69) is 20.8 Å². The lowest BCUT2D eigenvalue weighted by Crippen LogP contribution is -2.47. The van der Waals surface area contributed by atoms with E-state index < -0.39 is 47.7 Å². The number of nitrogens with zero attached hydrogens (tertiary/aromatic N) is 2. The molecule has 0 aliphatic carbocycles. The van der Waals surface area contributed by atoms with Gasteiger partial charge in [0.05, 0.1) is 32.0 Å². The Morgan fingerprint density at radius 1 is 1.03 bits per heavy atom. The first-order valence-corrected chi connectivity index (χ1v) is 13.1. The third kappa shape index (κ3) is 6.29. The van der Waals surface area contributed by atoms with E-state index in [1.807, 2.05) is 63.2 Å². The van der Waals surface area contributed by atoms with Crippen LogP contribution < -0.4 is 4.74 Å². The number of carbonyl (C=O) groups is 2. The zero-order valence-corrected chi connectivity index (χ0v) is 24.0. The Kier molecular flexibility index (Phi) is 8.76. The molecule has 2 heterocycles. The molecule has 2 aromatic rings. The van der Waals surface area contributed by atoms with Gasteiger partial charge >= 0.3 is 12.1 Å². The van der Waals surface area contributed by atoms with Gasteiger partial charge in [-0.15, -0.1) is 0 Å². The number of likely N-dealkylation sites (tertiary alicyclic amines) is 1. The van der Waals surface area contributed by atoms with Crippen molar-refractivity contribution < 1.29 is 28.9 Å². The average Bonchev–Trinajstić information content (AvgIpc) is 3.18. The maximum Gasteiger partial charge on any atom is 0.411 e. The number of pyridine rings is 1. The van der Waals surface area contributed by atoms with Gasteiger partial charge in [0.1, 0.15) is 6.04 Å². The van der Waals surface area contributed by atoms with Crippen molar-refractivity contribution in [3.05, 3.63) is 59.3 Å². The summed E-state index contributed by atoms with van der Waals surface area (Å²) in [5.41, 5.74) is 1.76. The van der Waals surface area contributed by atoms with Gasteiger partial charge in [0.25, 0.3) is 0 Å². The molecule has 4 atom stereocenters. The number of methoxy groups -OCH3 is 1. The van der Waals surface area contributed by atoms with Crippen LogP contribution in [0.1, 0.15) is 78.3 Å². The molecule has 1 aromatic heterocycles. The number of rotatable bonds is 7. The van der Waals surface area contributed by atoms with Crippen molar-refractivity contribution in [3.63, 3.8) is 0 Å². The van der Waals surface area contributed by atoms with E-state index in [4.69, 9.17) is 19.2 Å².